The predicted octanol–water partition coefficient (Wildman–Crippen LogP) is 4.52. The van der Waals surface area contributed by atoms with E-state index in [-0.39, 0.29) is 0 Å². The third kappa shape index (κ3) is 2.80. The normalized spacial score (nSPS) is 11.9. The van der Waals surface area contributed by atoms with Gasteiger partial charge in [0.1, 0.15) is 5.75 Å². The summed E-state index contributed by atoms with van der Waals surface area (Å²) in [5.74, 6) is 0.936. The average molecular weight is 347 g/mol. The largest absolute Gasteiger partial charge is 0.493 e. The van der Waals surface area contributed by atoms with E-state index in [0.29, 0.717) is 0 Å². The van der Waals surface area contributed by atoms with Crippen LogP contribution in [0.3, 0.4) is 0 Å². The Hall–Kier alpha value is -2.59. The van der Waals surface area contributed by atoms with Crippen LogP contribution in [0, 0.1) is 6.92 Å². The van der Waals surface area contributed by atoms with E-state index in [1.54, 1.807) is 0 Å². The molecule has 0 aliphatic heterocycles. The molecule has 0 aliphatic carbocycles. The van der Waals surface area contributed by atoms with Gasteiger partial charge in [0.15, 0.2) is 0 Å². The van der Waals surface area contributed by atoms with E-state index in [0.717, 1.165) is 25.3 Å². The number of pyridine rings is 1. The summed E-state index contributed by atoms with van der Waals surface area (Å²) in [6.07, 6.45) is 4.84. The minimum absolute atomic E-state index is 0.738. The van der Waals surface area contributed by atoms with Crippen LogP contribution in [-0.4, -0.2) is 41.7 Å². The summed E-state index contributed by atoms with van der Waals surface area (Å²) in [5.41, 5.74) is 3.78. The van der Waals surface area contributed by atoms with Gasteiger partial charge in [0.25, 0.3) is 0 Å². The highest BCUT2D eigenvalue weighted by Gasteiger charge is 2.13. The summed E-state index contributed by atoms with van der Waals surface area (Å²) in [6.45, 7) is 3.97. The van der Waals surface area contributed by atoms with Gasteiger partial charge < -0.3 is 14.2 Å². The van der Waals surface area contributed by atoms with Crippen molar-refractivity contribution in [2.24, 2.45) is 7.05 Å². The molecule has 0 saturated carbocycles. The maximum absolute atomic E-state index is 5.97. The number of rotatable bonds is 5. The fourth-order valence-electron chi connectivity index (χ4n) is 3.85. The number of hydrogen-bond donors (Lipinski definition) is 0. The van der Waals surface area contributed by atoms with Gasteiger partial charge in [-0.3, -0.25) is 4.98 Å². The zero-order valence-electron chi connectivity index (χ0n) is 15.9. The van der Waals surface area contributed by atoms with Crippen LogP contribution in [0.15, 0.2) is 42.7 Å². The van der Waals surface area contributed by atoms with Crippen molar-refractivity contribution in [1.82, 2.24) is 14.5 Å². The lowest BCUT2D eigenvalue weighted by atomic mass is 10.0. The van der Waals surface area contributed by atoms with Crippen molar-refractivity contribution in [3.63, 3.8) is 0 Å². The SMILES string of the molecule is Cc1c2ccncc2cc2c3ccc(OCCCN(C)C)cc3n(C)c12. The van der Waals surface area contributed by atoms with Crippen molar-refractivity contribution in [3.8, 4) is 5.75 Å². The second-order valence-electron chi connectivity index (χ2n) is 7.24. The van der Waals surface area contributed by atoms with Gasteiger partial charge in [-0.1, -0.05) is 0 Å². The molecule has 4 rings (SSSR count). The molecule has 0 radical (unpaired) electrons. The van der Waals surface area contributed by atoms with Crippen LogP contribution in [0.5, 0.6) is 5.75 Å². The highest BCUT2D eigenvalue weighted by Crippen LogP contribution is 2.35. The molecule has 4 heteroatoms. The molecular weight excluding hydrogens is 322 g/mol. The molecule has 0 spiro atoms. The lowest BCUT2D eigenvalue weighted by molar-refractivity contribution is 0.282. The molecule has 0 bridgehead atoms. The van der Waals surface area contributed by atoms with E-state index in [9.17, 15) is 0 Å². The Morgan fingerprint density at radius 3 is 2.73 bits per heavy atom. The maximum atomic E-state index is 5.97. The van der Waals surface area contributed by atoms with E-state index in [2.05, 4.69) is 72.8 Å². The standard InChI is InChI=1S/C22H25N3O/c1-15-18-8-9-23-14-16(18)12-20-19-7-6-17(26-11-5-10-24(2)3)13-21(19)25(4)22(15)20/h6-9,12-14H,5,10-11H2,1-4H3. The summed E-state index contributed by atoms with van der Waals surface area (Å²) in [7, 11) is 6.31. The van der Waals surface area contributed by atoms with Gasteiger partial charge in [0.2, 0.25) is 0 Å². The molecule has 4 aromatic rings. The van der Waals surface area contributed by atoms with Crippen LogP contribution in [0.25, 0.3) is 32.6 Å². The van der Waals surface area contributed by atoms with E-state index >= 15 is 0 Å². The lowest BCUT2D eigenvalue weighted by Crippen LogP contribution is -2.15. The summed E-state index contributed by atoms with van der Waals surface area (Å²) in [4.78, 5) is 6.46. The maximum Gasteiger partial charge on any atom is 0.121 e. The quantitative estimate of drug-likeness (QED) is 0.497. The van der Waals surface area contributed by atoms with Crippen LogP contribution in [0.1, 0.15) is 12.0 Å². The third-order valence-corrected chi connectivity index (χ3v) is 5.14. The molecule has 2 heterocycles. The zero-order chi connectivity index (χ0) is 18.3. The van der Waals surface area contributed by atoms with Crippen molar-refractivity contribution in [3.05, 3.63) is 48.3 Å². The average Bonchev–Trinajstić information content (AvgIpc) is 2.91. The zero-order valence-corrected chi connectivity index (χ0v) is 15.9. The van der Waals surface area contributed by atoms with Crippen molar-refractivity contribution in [1.29, 1.82) is 0 Å². The monoisotopic (exact) mass is 347 g/mol. The van der Waals surface area contributed by atoms with E-state index in [1.807, 2.05) is 12.4 Å². The Balaban J connectivity index is 1.79. The van der Waals surface area contributed by atoms with Crippen LogP contribution in [0.2, 0.25) is 0 Å². The Morgan fingerprint density at radius 2 is 1.92 bits per heavy atom. The Kier molecular flexibility index (Phi) is 4.29. The highest BCUT2D eigenvalue weighted by atomic mass is 16.5. The summed E-state index contributed by atoms with van der Waals surface area (Å²) in [6, 6.07) is 10.8. The number of hydrogen-bond acceptors (Lipinski definition) is 3. The first-order valence-electron chi connectivity index (χ1n) is 9.09. The third-order valence-electron chi connectivity index (χ3n) is 5.14. The molecule has 0 fully saturated rings. The van der Waals surface area contributed by atoms with Gasteiger partial charge in [-0.25, -0.2) is 0 Å². The van der Waals surface area contributed by atoms with E-state index in [1.165, 1.54) is 38.1 Å². The molecule has 0 unspecified atom stereocenters. The molecule has 0 N–H and O–H groups in total. The first kappa shape index (κ1) is 16.9. The number of ether oxygens (including phenoxy) is 1. The van der Waals surface area contributed by atoms with Crippen LogP contribution in [-0.2, 0) is 7.05 Å². The van der Waals surface area contributed by atoms with Crippen molar-refractivity contribution in [2.45, 2.75) is 13.3 Å². The molecule has 0 saturated heterocycles. The summed E-state index contributed by atoms with van der Waals surface area (Å²) >= 11 is 0. The number of aromatic nitrogens is 2. The van der Waals surface area contributed by atoms with Crippen molar-refractivity contribution >= 4 is 32.6 Å². The second kappa shape index (κ2) is 6.61. The molecule has 2 aromatic carbocycles. The number of aryl methyl sites for hydroxylation is 2. The Labute approximate surface area is 154 Å². The van der Waals surface area contributed by atoms with Crippen LogP contribution in [0.4, 0.5) is 0 Å². The summed E-state index contributed by atoms with van der Waals surface area (Å²) < 4.78 is 8.26. The number of nitrogens with zero attached hydrogens (tertiary/aromatic N) is 3. The first-order chi connectivity index (χ1) is 12.6. The minimum Gasteiger partial charge on any atom is -0.493 e. The molecule has 4 nitrogen and oxygen atoms in total. The smallest absolute Gasteiger partial charge is 0.121 e. The molecule has 2 aromatic heterocycles. The Morgan fingerprint density at radius 1 is 1.08 bits per heavy atom. The Bertz CT molecular complexity index is 1100. The predicted molar refractivity (Wildman–Crippen MR) is 109 cm³/mol. The molecule has 0 aliphatic rings. The summed E-state index contributed by atoms with van der Waals surface area (Å²) in [5, 5.41) is 4.99. The first-order valence-corrected chi connectivity index (χ1v) is 9.09. The van der Waals surface area contributed by atoms with Crippen LogP contribution < -0.4 is 4.74 Å². The number of fused-ring (bicyclic) bond motifs is 4. The number of benzene rings is 2. The van der Waals surface area contributed by atoms with Gasteiger partial charge in [0, 0.05) is 48.2 Å². The van der Waals surface area contributed by atoms with Gasteiger partial charge in [-0.05, 0) is 62.7 Å². The second-order valence-corrected chi connectivity index (χ2v) is 7.24. The fraction of sp³-hybridized carbons (Fsp3) is 0.318. The van der Waals surface area contributed by atoms with Gasteiger partial charge in [-0.2, -0.15) is 0 Å². The van der Waals surface area contributed by atoms with Gasteiger partial charge >= 0.3 is 0 Å². The van der Waals surface area contributed by atoms with Gasteiger partial charge in [-0.15, -0.1) is 0 Å². The molecule has 0 amide bonds. The van der Waals surface area contributed by atoms with E-state index < -0.39 is 0 Å². The lowest BCUT2D eigenvalue weighted by Gasteiger charge is -2.10. The highest BCUT2D eigenvalue weighted by molar-refractivity contribution is 6.14. The molecule has 26 heavy (non-hydrogen) atoms. The van der Waals surface area contributed by atoms with Gasteiger partial charge in [0.05, 0.1) is 17.6 Å². The van der Waals surface area contributed by atoms with E-state index in [4.69, 9.17) is 4.74 Å². The minimum atomic E-state index is 0.738. The van der Waals surface area contributed by atoms with Crippen LogP contribution >= 0.6 is 0 Å². The van der Waals surface area contributed by atoms with Crippen molar-refractivity contribution < 1.29 is 4.74 Å². The molecular formula is C22H25N3O. The fourth-order valence-corrected chi connectivity index (χ4v) is 3.85. The van der Waals surface area contributed by atoms with Crippen molar-refractivity contribution in [2.75, 3.05) is 27.2 Å². The molecule has 134 valence electrons. The molecule has 0 atom stereocenters. The topological polar surface area (TPSA) is 30.3 Å².